The Morgan fingerprint density at radius 2 is 1.93 bits per heavy atom. The van der Waals surface area contributed by atoms with E-state index in [1.807, 2.05) is 0 Å². The molecule has 0 saturated carbocycles. The number of hydrogen-bond donors (Lipinski definition) is 1. The highest BCUT2D eigenvalue weighted by Crippen LogP contribution is 2.14. The van der Waals surface area contributed by atoms with Gasteiger partial charge in [0, 0.05) is 6.54 Å². The maximum atomic E-state index is 8.35. The van der Waals surface area contributed by atoms with Crippen LogP contribution in [0.1, 0.15) is 30.9 Å². The average Bonchev–Trinajstić information content (AvgIpc) is 2.19. The first-order chi connectivity index (χ1) is 6.74. The smallest absolute Gasteiger partial charge is 0.0843 e. The van der Waals surface area contributed by atoms with E-state index in [4.69, 9.17) is 5.26 Å². The van der Waals surface area contributed by atoms with Gasteiger partial charge >= 0.3 is 0 Å². The van der Waals surface area contributed by atoms with Gasteiger partial charge < -0.3 is 5.32 Å². The van der Waals surface area contributed by atoms with Crippen molar-refractivity contribution in [2.45, 2.75) is 26.3 Å². The predicted octanol–water partition coefficient (Wildman–Crippen LogP) is 2.42. The summed E-state index contributed by atoms with van der Waals surface area (Å²) in [6.07, 6.45) is 0. The molecule has 0 unspecified atom stereocenters. The Labute approximate surface area is 85.6 Å². The molecule has 1 N–H and O–H groups in total. The molecule has 0 aromatic heterocycles. The lowest BCUT2D eigenvalue weighted by atomic mass is 10.0. The van der Waals surface area contributed by atoms with Crippen LogP contribution in [0.25, 0.3) is 0 Å². The molecule has 0 radical (unpaired) electrons. The normalized spacial score (nSPS) is 10.1. The van der Waals surface area contributed by atoms with Crippen molar-refractivity contribution < 1.29 is 0 Å². The minimum absolute atomic E-state index is 0.409. The number of benzene rings is 1. The zero-order valence-corrected chi connectivity index (χ0v) is 8.75. The molecule has 0 spiro atoms. The van der Waals surface area contributed by atoms with Crippen LogP contribution in [0.15, 0.2) is 24.3 Å². The molecule has 0 aliphatic carbocycles. The van der Waals surface area contributed by atoms with E-state index >= 15 is 0 Å². The molecule has 0 saturated heterocycles. The van der Waals surface area contributed by atoms with Crippen LogP contribution < -0.4 is 5.32 Å². The Kier molecular flexibility index (Phi) is 4.15. The molecule has 0 heterocycles. The van der Waals surface area contributed by atoms with Crippen LogP contribution in [0, 0.1) is 11.3 Å². The average molecular weight is 188 g/mol. The van der Waals surface area contributed by atoms with Gasteiger partial charge in [-0.2, -0.15) is 5.26 Å². The Morgan fingerprint density at radius 1 is 1.29 bits per heavy atom. The summed E-state index contributed by atoms with van der Waals surface area (Å²) in [6.45, 7) is 5.55. The fraction of sp³-hybridized carbons (Fsp3) is 0.417. The molecule has 0 aliphatic heterocycles. The summed E-state index contributed by atoms with van der Waals surface area (Å²) in [5.74, 6) is 0.580. The highest BCUT2D eigenvalue weighted by Gasteiger charge is 1.98. The molecule has 0 aliphatic rings. The van der Waals surface area contributed by atoms with Crippen LogP contribution in [0.5, 0.6) is 0 Å². The van der Waals surface area contributed by atoms with Gasteiger partial charge in [0.1, 0.15) is 0 Å². The van der Waals surface area contributed by atoms with Crippen molar-refractivity contribution in [2.75, 3.05) is 6.54 Å². The molecule has 1 aromatic rings. The summed E-state index contributed by atoms with van der Waals surface area (Å²) < 4.78 is 0. The summed E-state index contributed by atoms with van der Waals surface area (Å²) in [5.41, 5.74) is 2.58. The molecule has 2 nitrogen and oxygen atoms in total. The van der Waals surface area contributed by atoms with E-state index in [2.05, 4.69) is 49.5 Å². The lowest BCUT2D eigenvalue weighted by Crippen LogP contribution is -2.12. The Bertz CT molecular complexity index is 306. The first kappa shape index (κ1) is 10.7. The van der Waals surface area contributed by atoms with Gasteiger partial charge in [-0.05, 0) is 17.0 Å². The maximum absolute atomic E-state index is 8.35. The maximum Gasteiger partial charge on any atom is 0.0843 e. The molecule has 2 heteroatoms. The van der Waals surface area contributed by atoms with Gasteiger partial charge in [0.2, 0.25) is 0 Å². The second kappa shape index (κ2) is 5.41. The Morgan fingerprint density at radius 3 is 2.43 bits per heavy atom. The van der Waals surface area contributed by atoms with E-state index in [-0.39, 0.29) is 0 Å². The highest BCUT2D eigenvalue weighted by molar-refractivity contribution is 5.24. The van der Waals surface area contributed by atoms with Crippen LogP contribution in [0.4, 0.5) is 0 Å². The fourth-order valence-electron chi connectivity index (χ4n) is 1.28. The largest absolute Gasteiger partial charge is 0.300 e. The number of hydrogen-bond acceptors (Lipinski definition) is 2. The number of rotatable bonds is 4. The van der Waals surface area contributed by atoms with Gasteiger partial charge in [-0.1, -0.05) is 38.1 Å². The third-order valence-corrected chi connectivity index (χ3v) is 2.18. The van der Waals surface area contributed by atoms with Crippen LogP contribution in [-0.2, 0) is 6.54 Å². The molecule has 0 amide bonds. The monoisotopic (exact) mass is 188 g/mol. The Balaban J connectivity index is 2.52. The second-order valence-corrected chi connectivity index (χ2v) is 3.66. The van der Waals surface area contributed by atoms with Gasteiger partial charge in [-0.15, -0.1) is 0 Å². The number of nitrogens with one attached hydrogen (secondary N) is 1. The van der Waals surface area contributed by atoms with Crippen molar-refractivity contribution in [3.05, 3.63) is 35.4 Å². The molecule has 14 heavy (non-hydrogen) atoms. The first-order valence-electron chi connectivity index (χ1n) is 4.90. The van der Waals surface area contributed by atoms with Crippen LogP contribution >= 0.6 is 0 Å². The van der Waals surface area contributed by atoms with E-state index in [1.165, 1.54) is 11.1 Å². The third kappa shape index (κ3) is 3.20. The summed E-state index contributed by atoms with van der Waals surface area (Å²) in [6, 6.07) is 10.6. The van der Waals surface area contributed by atoms with Crippen molar-refractivity contribution in [3.8, 4) is 6.07 Å². The zero-order valence-electron chi connectivity index (χ0n) is 8.75. The van der Waals surface area contributed by atoms with E-state index < -0.39 is 0 Å². The van der Waals surface area contributed by atoms with E-state index in [1.54, 1.807) is 0 Å². The summed E-state index contributed by atoms with van der Waals surface area (Å²) in [4.78, 5) is 0. The standard InChI is InChI=1S/C12H16N2/c1-10(2)12-5-3-11(4-6-12)9-14-8-7-13/h3-6,10,14H,8-9H2,1-2H3. The lowest BCUT2D eigenvalue weighted by molar-refractivity contribution is 0.764. The molecule has 0 bridgehead atoms. The third-order valence-electron chi connectivity index (χ3n) is 2.18. The molecule has 0 fully saturated rings. The van der Waals surface area contributed by atoms with Crippen LogP contribution in [-0.4, -0.2) is 6.54 Å². The number of nitrogens with zero attached hydrogens (tertiary/aromatic N) is 1. The second-order valence-electron chi connectivity index (χ2n) is 3.66. The SMILES string of the molecule is CC(C)c1ccc(CNCC#N)cc1. The van der Waals surface area contributed by atoms with Crippen molar-refractivity contribution in [1.29, 1.82) is 5.26 Å². The van der Waals surface area contributed by atoms with Crippen molar-refractivity contribution in [3.63, 3.8) is 0 Å². The molecule has 0 atom stereocenters. The zero-order chi connectivity index (χ0) is 10.4. The van der Waals surface area contributed by atoms with Crippen molar-refractivity contribution in [2.24, 2.45) is 0 Å². The minimum Gasteiger partial charge on any atom is -0.300 e. The van der Waals surface area contributed by atoms with E-state index in [9.17, 15) is 0 Å². The topological polar surface area (TPSA) is 35.8 Å². The van der Waals surface area contributed by atoms with Gasteiger partial charge in [-0.25, -0.2) is 0 Å². The van der Waals surface area contributed by atoms with Gasteiger partial charge in [0.15, 0.2) is 0 Å². The van der Waals surface area contributed by atoms with Crippen LogP contribution in [0.2, 0.25) is 0 Å². The van der Waals surface area contributed by atoms with Crippen LogP contribution in [0.3, 0.4) is 0 Å². The molecule has 1 aromatic carbocycles. The fourth-order valence-corrected chi connectivity index (χ4v) is 1.28. The number of nitriles is 1. The molecular weight excluding hydrogens is 172 g/mol. The van der Waals surface area contributed by atoms with Gasteiger partial charge in [-0.3, -0.25) is 0 Å². The molecule has 74 valence electrons. The van der Waals surface area contributed by atoms with Gasteiger partial charge in [0.05, 0.1) is 12.6 Å². The summed E-state index contributed by atoms with van der Waals surface area (Å²) >= 11 is 0. The lowest BCUT2D eigenvalue weighted by Gasteiger charge is -2.06. The molecule has 1 rings (SSSR count). The summed E-state index contributed by atoms with van der Waals surface area (Å²) in [5, 5.41) is 11.4. The van der Waals surface area contributed by atoms with E-state index in [0.29, 0.717) is 12.5 Å². The highest BCUT2D eigenvalue weighted by atomic mass is 14.8. The minimum atomic E-state index is 0.409. The predicted molar refractivity (Wildman–Crippen MR) is 57.9 cm³/mol. The quantitative estimate of drug-likeness (QED) is 0.582. The summed E-state index contributed by atoms with van der Waals surface area (Å²) in [7, 11) is 0. The Hall–Kier alpha value is -1.33. The van der Waals surface area contributed by atoms with Gasteiger partial charge in [0.25, 0.3) is 0 Å². The molecular formula is C12H16N2. The van der Waals surface area contributed by atoms with Crippen molar-refractivity contribution >= 4 is 0 Å². The van der Waals surface area contributed by atoms with Crippen molar-refractivity contribution in [1.82, 2.24) is 5.32 Å². The first-order valence-corrected chi connectivity index (χ1v) is 4.90. The van der Waals surface area contributed by atoms with E-state index in [0.717, 1.165) is 6.54 Å².